The van der Waals surface area contributed by atoms with Crippen LogP contribution in [-0.4, -0.2) is 63.0 Å². The topological polar surface area (TPSA) is 98.7 Å². The Balaban J connectivity index is 1.56. The lowest BCUT2D eigenvalue weighted by molar-refractivity contribution is -0.140. The van der Waals surface area contributed by atoms with Gasteiger partial charge in [-0.25, -0.2) is 0 Å². The number of hydrogen-bond acceptors (Lipinski definition) is 5. The first kappa shape index (κ1) is 24.1. The van der Waals surface area contributed by atoms with E-state index in [-0.39, 0.29) is 35.6 Å². The van der Waals surface area contributed by atoms with Gasteiger partial charge in [0.1, 0.15) is 6.04 Å². The Labute approximate surface area is 200 Å². The number of unbranched alkanes of at least 4 members (excludes halogenated alkanes) is 2. The highest BCUT2D eigenvalue weighted by molar-refractivity contribution is 8.02. The molecule has 3 fully saturated rings. The summed E-state index contributed by atoms with van der Waals surface area (Å²) in [4.78, 5) is 42.2. The first-order valence-electron chi connectivity index (χ1n) is 12.1. The van der Waals surface area contributed by atoms with Crippen molar-refractivity contribution in [1.29, 1.82) is 0 Å². The van der Waals surface area contributed by atoms with E-state index in [1.165, 1.54) is 0 Å². The molecule has 1 spiro atoms. The third-order valence-electron chi connectivity index (χ3n) is 7.15. The zero-order valence-corrected chi connectivity index (χ0v) is 20.3. The Kier molecular flexibility index (Phi) is 7.34. The van der Waals surface area contributed by atoms with Crippen LogP contribution in [0.2, 0.25) is 0 Å². The molecule has 3 saturated heterocycles. The molecule has 33 heavy (non-hydrogen) atoms. The summed E-state index contributed by atoms with van der Waals surface area (Å²) in [6.45, 7) is 4.89. The van der Waals surface area contributed by atoms with E-state index in [1.54, 1.807) is 16.7 Å². The van der Waals surface area contributed by atoms with E-state index >= 15 is 0 Å². The molecule has 0 aromatic heterocycles. The predicted octanol–water partition coefficient (Wildman–Crippen LogP) is 2.08. The van der Waals surface area contributed by atoms with Crippen LogP contribution in [0.25, 0.3) is 0 Å². The van der Waals surface area contributed by atoms with Gasteiger partial charge in [-0.1, -0.05) is 30.3 Å². The molecule has 1 aromatic rings. The number of aliphatic hydroxyl groups is 1. The van der Waals surface area contributed by atoms with Gasteiger partial charge in [0.2, 0.25) is 17.7 Å². The van der Waals surface area contributed by atoms with Crippen molar-refractivity contribution in [2.75, 3.05) is 13.2 Å². The summed E-state index contributed by atoms with van der Waals surface area (Å²) in [7, 11) is 0. The highest BCUT2D eigenvalue weighted by atomic mass is 32.2. The molecule has 4 rings (SSSR count). The van der Waals surface area contributed by atoms with Crippen LogP contribution in [0.1, 0.15) is 51.5 Å². The van der Waals surface area contributed by atoms with Crippen molar-refractivity contribution >= 4 is 29.5 Å². The molecule has 5 atom stereocenters. The van der Waals surface area contributed by atoms with Gasteiger partial charge in [-0.05, 0) is 51.5 Å². The average Bonchev–Trinajstić information content (AvgIpc) is 3.43. The first-order chi connectivity index (χ1) is 15.9. The number of carbonyl (C=O) groups excluding carboxylic acids is 3. The summed E-state index contributed by atoms with van der Waals surface area (Å²) in [5.74, 6) is -1.12. The van der Waals surface area contributed by atoms with E-state index in [0.29, 0.717) is 19.5 Å². The molecule has 2 bridgehead atoms. The molecule has 180 valence electrons. The molecule has 3 N–H and O–H groups in total. The molecule has 2 unspecified atom stereocenters. The fraction of sp³-hybridized carbons (Fsp3) is 0.640. The Morgan fingerprint density at radius 2 is 1.94 bits per heavy atom. The molecule has 0 radical (unpaired) electrons. The highest BCUT2D eigenvalue weighted by Gasteiger charge is 2.73. The highest BCUT2D eigenvalue weighted by Crippen LogP contribution is 2.66. The molecule has 3 amide bonds. The molecular formula is C25H35N3O4S. The SMILES string of the molecule is CC(C)NC(=O)C1N(CCCCCO)C(=O)[C@@H]2[C@@H](C(=O)NCc3ccccc3)[C@H]3CCC12S3. The van der Waals surface area contributed by atoms with Crippen molar-refractivity contribution in [2.45, 2.75) is 74.6 Å². The third-order valence-corrected chi connectivity index (χ3v) is 9.10. The Bertz CT molecular complexity index is 880. The number of likely N-dealkylation sites (tertiary alicyclic amines) is 1. The van der Waals surface area contributed by atoms with Gasteiger partial charge in [-0.15, -0.1) is 11.8 Å². The van der Waals surface area contributed by atoms with Crippen molar-refractivity contribution in [3.63, 3.8) is 0 Å². The average molecular weight is 474 g/mol. The number of amides is 3. The minimum absolute atomic E-state index is 0.0205. The summed E-state index contributed by atoms with van der Waals surface area (Å²) in [6.07, 6.45) is 3.85. The second kappa shape index (κ2) is 10.1. The van der Waals surface area contributed by atoms with Crippen LogP contribution in [0.3, 0.4) is 0 Å². The summed E-state index contributed by atoms with van der Waals surface area (Å²) in [6, 6.07) is 9.20. The predicted molar refractivity (Wildman–Crippen MR) is 128 cm³/mol. The summed E-state index contributed by atoms with van der Waals surface area (Å²) < 4.78 is -0.535. The number of aliphatic hydroxyl groups excluding tert-OH is 1. The van der Waals surface area contributed by atoms with Crippen molar-refractivity contribution in [2.24, 2.45) is 11.8 Å². The van der Waals surface area contributed by atoms with Gasteiger partial charge < -0.3 is 20.6 Å². The van der Waals surface area contributed by atoms with Gasteiger partial charge in [-0.3, -0.25) is 14.4 Å². The van der Waals surface area contributed by atoms with E-state index in [4.69, 9.17) is 5.11 Å². The number of rotatable bonds is 10. The van der Waals surface area contributed by atoms with Crippen LogP contribution in [-0.2, 0) is 20.9 Å². The van der Waals surface area contributed by atoms with Crippen LogP contribution >= 0.6 is 11.8 Å². The van der Waals surface area contributed by atoms with Gasteiger partial charge in [0.05, 0.1) is 16.6 Å². The Morgan fingerprint density at radius 3 is 2.64 bits per heavy atom. The second-order valence-corrected chi connectivity index (χ2v) is 11.3. The van der Waals surface area contributed by atoms with Crippen LogP contribution in [0.5, 0.6) is 0 Å². The Hall–Kier alpha value is -2.06. The van der Waals surface area contributed by atoms with Gasteiger partial charge in [-0.2, -0.15) is 0 Å². The lowest BCUT2D eigenvalue weighted by Crippen LogP contribution is -2.54. The number of fused-ring (bicyclic) bond motifs is 1. The molecule has 0 saturated carbocycles. The van der Waals surface area contributed by atoms with Gasteiger partial charge in [0, 0.05) is 31.0 Å². The molecule has 0 aliphatic carbocycles. The van der Waals surface area contributed by atoms with Crippen LogP contribution in [0.15, 0.2) is 30.3 Å². The fourth-order valence-electron chi connectivity index (χ4n) is 5.83. The van der Waals surface area contributed by atoms with Crippen molar-refractivity contribution in [3.8, 4) is 0 Å². The van der Waals surface area contributed by atoms with Gasteiger partial charge in [0.15, 0.2) is 0 Å². The number of nitrogens with zero attached hydrogens (tertiary/aromatic N) is 1. The molecule has 1 aromatic carbocycles. The van der Waals surface area contributed by atoms with E-state index in [2.05, 4.69) is 10.6 Å². The summed E-state index contributed by atoms with van der Waals surface area (Å²) in [5, 5.41) is 15.3. The fourth-order valence-corrected chi connectivity index (χ4v) is 8.05. The quantitative estimate of drug-likeness (QED) is 0.452. The number of thioether (sulfide) groups is 1. The molecule has 8 heteroatoms. The second-order valence-electron chi connectivity index (χ2n) is 9.74. The maximum absolute atomic E-state index is 13.7. The van der Waals surface area contributed by atoms with Crippen LogP contribution in [0.4, 0.5) is 0 Å². The normalized spacial score (nSPS) is 30.1. The number of carbonyl (C=O) groups is 3. The summed E-state index contributed by atoms with van der Waals surface area (Å²) in [5.41, 5.74) is 1.02. The zero-order valence-electron chi connectivity index (χ0n) is 19.5. The molecule has 7 nitrogen and oxygen atoms in total. The molecule has 3 aliphatic heterocycles. The van der Waals surface area contributed by atoms with E-state index < -0.39 is 22.6 Å². The maximum atomic E-state index is 13.7. The third kappa shape index (κ3) is 4.52. The largest absolute Gasteiger partial charge is 0.396 e. The number of hydrogen-bond donors (Lipinski definition) is 3. The molecule has 3 aliphatic rings. The van der Waals surface area contributed by atoms with Gasteiger partial charge in [0.25, 0.3) is 0 Å². The molecular weight excluding hydrogens is 438 g/mol. The molecule has 3 heterocycles. The zero-order chi connectivity index (χ0) is 23.6. The van der Waals surface area contributed by atoms with Crippen molar-refractivity contribution in [3.05, 3.63) is 35.9 Å². The standard InChI is InChI=1S/C25H35N3O4S/c1-16(2)27-23(31)21-25-12-11-18(33-25)19(22(30)26-15-17-9-5-3-6-10-17)20(25)24(32)28(21)13-7-4-8-14-29/h3,5-6,9-10,16,18-21,29H,4,7-8,11-15H2,1-2H3,(H,26,30)(H,27,31)/t18-,19+,20+,21?,25?/m1/s1. The van der Waals surface area contributed by atoms with Crippen LogP contribution in [0, 0.1) is 11.8 Å². The Morgan fingerprint density at radius 1 is 1.18 bits per heavy atom. The lowest BCUT2D eigenvalue weighted by atomic mass is 9.70. The smallest absolute Gasteiger partial charge is 0.244 e. The van der Waals surface area contributed by atoms with Crippen molar-refractivity contribution in [1.82, 2.24) is 15.5 Å². The minimum Gasteiger partial charge on any atom is -0.396 e. The lowest BCUT2D eigenvalue weighted by Gasteiger charge is -2.34. The monoisotopic (exact) mass is 473 g/mol. The van der Waals surface area contributed by atoms with E-state index in [0.717, 1.165) is 31.2 Å². The number of nitrogens with one attached hydrogen (secondary N) is 2. The maximum Gasteiger partial charge on any atom is 0.244 e. The first-order valence-corrected chi connectivity index (χ1v) is 13.0. The van der Waals surface area contributed by atoms with Gasteiger partial charge >= 0.3 is 0 Å². The van der Waals surface area contributed by atoms with E-state index in [9.17, 15) is 14.4 Å². The minimum atomic E-state index is -0.548. The summed E-state index contributed by atoms with van der Waals surface area (Å²) >= 11 is 1.70. The van der Waals surface area contributed by atoms with Crippen molar-refractivity contribution < 1.29 is 19.5 Å². The van der Waals surface area contributed by atoms with E-state index in [1.807, 2.05) is 44.2 Å². The number of benzene rings is 1. The van der Waals surface area contributed by atoms with Crippen LogP contribution < -0.4 is 10.6 Å².